The Labute approximate surface area is 179 Å². The Morgan fingerprint density at radius 2 is 1.84 bits per heavy atom. The molecule has 0 radical (unpaired) electrons. The van der Waals surface area contributed by atoms with Crippen molar-refractivity contribution in [2.45, 2.75) is 33.8 Å². The molecule has 3 aromatic rings. The molecule has 0 bridgehead atoms. The number of carbonyl (C=O) groups excluding carboxylic acids is 2. The summed E-state index contributed by atoms with van der Waals surface area (Å²) in [6.07, 6.45) is -0.299. The lowest BCUT2D eigenvalue weighted by molar-refractivity contribution is -0.141. The maximum absolute atomic E-state index is 12.3. The van der Waals surface area contributed by atoms with Gasteiger partial charge in [-0.15, -0.1) is 0 Å². The summed E-state index contributed by atoms with van der Waals surface area (Å²) in [4.78, 5) is 36.1. The van der Waals surface area contributed by atoms with Gasteiger partial charge in [-0.25, -0.2) is 4.79 Å². The Balaban J connectivity index is 1.79. The molecule has 9 heteroatoms. The van der Waals surface area contributed by atoms with Crippen LogP contribution in [-0.2, 0) is 23.2 Å². The minimum absolute atomic E-state index is 0.196. The van der Waals surface area contributed by atoms with Crippen molar-refractivity contribution in [3.05, 3.63) is 69.1 Å². The molecule has 162 valence electrons. The van der Waals surface area contributed by atoms with E-state index in [0.717, 1.165) is 21.4 Å². The molecule has 1 heterocycles. The number of aryl methyl sites for hydroxylation is 3. The van der Waals surface area contributed by atoms with E-state index in [1.165, 1.54) is 11.7 Å². The fourth-order valence-electron chi connectivity index (χ4n) is 3.12. The zero-order valence-corrected chi connectivity index (χ0v) is 17.9. The second-order valence-corrected chi connectivity index (χ2v) is 7.04. The molecule has 0 saturated heterocycles. The predicted octanol–water partition coefficient (Wildman–Crippen LogP) is 2.30. The molecule has 0 aliphatic carbocycles. The highest BCUT2D eigenvalue weighted by Crippen LogP contribution is 2.24. The van der Waals surface area contributed by atoms with Crippen LogP contribution in [0.25, 0.3) is 5.69 Å². The maximum Gasteiger partial charge on any atom is 0.368 e. The van der Waals surface area contributed by atoms with Gasteiger partial charge < -0.3 is 9.47 Å². The van der Waals surface area contributed by atoms with E-state index in [0.29, 0.717) is 17.0 Å². The molecule has 1 aromatic heterocycles. The highest BCUT2D eigenvalue weighted by atomic mass is 16.5. The number of nitrogens with zero attached hydrogens (tertiary/aromatic N) is 4. The van der Waals surface area contributed by atoms with Gasteiger partial charge in [0.15, 0.2) is 5.78 Å². The number of ketones is 1. The van der Waals surface area contributed by atoms with E-state index in [4.69, 9.17) is 9.47 Å². The van der Waals surface area contributed by atoms with E-state index in [1.54, 1.807) is 31.2 Å². The van der Waals surface area contributed by atoms with Gasteiger partial charge in [-0.3, -0.25) is 9.59 Å². The Kier molecular flexibility index (Phi) is 6.64. The lowest BCUT2D eigenvalue weighted by Gasteiger charge is -2.14. The highest BCUT2D eigenvalue weighted by Gasteiger charge is 2.16. The first-order chi connectivity index (χ1) is 14.8. The van der Waals surface area contributed by atoms with Crippen LogP contribution in [0.15, 0.2) is 41.2 Å². The van der Waals surface area contributed by atoms with E-state index in [-0.39, 0.29) is 31.1 Å². The van der Waals surface area contributed by atoms with Crippen molar-refractivity contribution in [3.63, 3.8) is 0 Å². The largest absolute Gasteiger partial charge is 0.489 e. The third kappa shape index (κ3) is 4.88. The monoisotopic (exact) mass is 424 g/mol. The van der Waals surface area contributed by atoms with E-state index in [2.05, 4.69) is 10.4 Å². The van der Waals surface area contributed by atoms with Crippen LogP contribution in [0.5, 0.6) is 5.75 Å². The minimum atomic E-state index is -0.545. The average molecular weight is 424 g/mol. The summed E-state index contributed by atoms with van der Waals surface area (Å²) < 4.78 is 13.2. The summed E-state index contributed by atoms with van der Waals surface area (Å²) in [6, 6.07) is 10.5. The van der Waals surface area contributed by atoms with E-state index >= 15 is 0 Å². The molecule has 31 heavy (non-hydrogen) atoms. The Morgan fingerprint density at radius 1 is 1.06 bits per heavy atom. The smallest absolute Gasteiger partial charge is 0.368 e. The molecular formula is C22H24N4O5. The number of carbonyl (C=O) groups is 2. The Hall–Kier alpha value is -3.75. The van der Waals surface area contributed by atoms with Crippen LogP contribution in [0.1, 0.15) is 40.4 Å². The van der Waals surface area contributed by atoms with Crippen molar-refractivity contribution in [1.29, 1.82) is 0 Å². The number of rotatable bonds is 8. The maximum atomic E-state index is 12.3. The molecule has 0 saturated carbocycles. The fourth-order valence-corrected chi connectivity index (χ4v) is 3.12. The van der Waals surface area contributed by atoms with Crippen molar-refractivity contribution in [2.24, 2.45) is 7.05 Å². The van der Waals surface area contributed by atoms with E-state index < -0.39 is 5.97 Å². The van der Waals surface area contributed by atoms with Crippen LogP contribution in [-0.4, -0.2) is 38.1 Å². The molecule has 9 nitrogen and oxygen atoms in total. The molecule has 0 amide bonds. The second-order valence-electron chi connectivity index (χ2n) is 7.04. The van der Waals surface area contributed by atoms with Gasteiger partial charge in [0.1, 0.15) is 18.8 Å². The molecule has 0 aliphatic heterocycles. The van der Waals surface area contributed by atoms with E-state index in [9.17, 15) is 14.4 Å². The summed E-state index contributed by atoms with van der Waals surface area (Å²) in [6.45, 7) is 5.87. The second kappa shape index (κ2) is 9.38. The summed E-state index contributed by atoms with van der Waals surface area (Å²) >= 11 is 0. The van der Waals surface area contributed by atoms with Crippen LogP contribution >= 0.6 is 0 Å². The van der Waals surface area contributed by atoms with Gasteiger partial charge in [-0.05, 0) is 66.6 Å². The predicted molar refractivity (Wildman–Crippen MR) is 112 cm³/mol. The average Bonchev–Trinajstić information content (AvgIpc) is 3.06. The molecule has 0 aliphatic rings. The number of Topliss-reactive ketones (excluding diaryl/α,β-unsaturated/α-hetero) is 1. The van der Waals surface area contributed by atoms with Gasteiger partial charge in [-0.2, -0.15) is 9.36 Å². The summed E-state index contributed by atoms with van der Waals surface area (Å²) in [7, 11) is 1.53. The standard InChI is InChI=1S/C22H24N4O5/c1-5-30-21(28)12-19(27)16-9-10-20(15(3)11-16)31-13-17-14(2)7-6-8-18(17)26-22(29)25(4)23-24-26/h6-11H,5,12-13H2,1-4H3. The van der Waals surface area contributed by atoms with Crippen molar-refractivity contribution in [3.8, 4) is 11.4 Å². The van der Waals surface area contributed by atoms with Crippen LogP contribution in [0, 0.1) is 13.8 Å². The molecule has 0 spiro atoms. The van der Waals surface area contributed by atoms with Gasteiger partial charge in [-0.1, -0.05) is 12.1 Å². The lowest BCUT2D eigenvalue weighted by atomic mass is 10.0. The van der Waals surface area contributed by atoms with Crippen LogP contribution < -0.4 is 10.4 Å². The van der Waals surface area contributed by atoms with Gasteiger partial charge in [0.25, 0.3) is 0 Å². The number of esters is 1. The zero-order valence-electron chi connectivity index (χ0n) is 17.9. The topological polar surface area (TPSA) is 105 Å². The van der Waals surface area contributed by atoms with Crippen LogP contribution in [0.3, 0.4) is 0 Å². The molecule has 3 rings (SSSR count). The number of tetrazole rings is 1. The van der Waals surface area contributed by atoms with Gasteiger partial charge in [0.05, 0.1) is 12.3 Å². The van der Waals surface area contributed by atoms with Gasteiger partial charge in [0, 0.05) is 18.2 Å². The zero-order chi connectivity index (χ0) is 22.5. The number of benzene rings is 2. The SMILES string of the molecule is CCOC(=O)CC(=O)c1ccc(OCc2c(C)cccc2-n2nnn(C)c2=O)c(C)c1. The van der Waals surface area contributed by atoms with Crippen molar-refractivity contribution < 1.29 is 19.1 Å². The lowest BCUT2D eigenvalue weighted by Crippen LogP contribution is -2.23. The molecular weight excluding hydrogens is 400 g/mol. The first-order valence-corrected chi connectivity index (χ1v) is 9.82. The molecule has 0 atom stereocenters. The molecule has 0 N–H and O–H groups in total. The number of hydrogen-bond acceptors (Lipinski definition) is 7. The summed E-state index contributed by atoms with van der Waals surface area (Å²) in [5, 5.41) is 7.68. The van der Waals surface area contributed by atoms with Gasteiger partial charge >= 0.3 is 11.7 Å². The minimum Gasteiger partial charge on any atom is -0.489 e. The third-order valence-electron chi connectivity index (χ3n) is 4.81. The van der Waals surface area contributed by atoms with Crippen molar-refractivity contribution in [2.75, 3.05) is 6.61 Å². The van der Waals surface area contributed by atoms with Crippen LogP contribution in [0.2, 0.25) is 0 Å². The van der Waals surface area contributed by atoms with Crippen molar-refractivity contribution >= 4 is 11.8 Å². The summed E-state index contributed by atoms with van der Waals surface area (Å²) in [5.41, 5.74) is 3.15. The van der Waals surface area contributed by atoms with E-state index in [1.807, 2.05) is 26.0 Å². The first-order valence-electron chi connectivity index (χ1n) is 9.82. The highest BCUT2D eigenvalue weighted by molar-refractivity contribution is 6.06. The van der Waals surface area contributed by atoms with Crippen LogP contribution in [0.4, 0.5) is 0 Å². The Bertz CT molecular complexity index is 1180. The molecule has 0 unspecified atom stereocenters. The van der Waals surface area contributed by atoms with Crippen molar-refractivity contribution in [1.82, 2.24) is 19.8 Å². The first kappa shape index (κ1) is 21.9. The summed E-state index contributed by atoms with van der Waals surface area (Å²) in [5.74, 6) is -0.262. The third-order valence-corrected chi connectivity index (χ3v) is 4.81. The van der Waals surface area contributed by atoms with Gasteiger partial charge in [0.2, 0.25) is 0 Å². The number of aromatic nitrogens is 4. The fraction of sp³-hybridized carbons (Fsp3) is 0.318. The quantitative estimate of drug-likeness (QED) is 0.310. The molecule has 2 aromatic carbocycles. The Morgan fingerprint density at radius 3 is 2.48 bits per heavy atom. The molecule has 0 fully saturated rings. The normalized spacial score (nSPS) is 10.7. The number of hydrogen-bond donors (Lipinski definition) is 0. The number of ether oxygens (including phenoxy) is 2.